The van der Waals surface area contributed by atoms with Gasteiger partial charge in [-0.1, -0.05) is 24.3 Å². The van der Waals surface area contributed by atoms with E-state index in [4.69, 9.17) is 0 Å². The van der Waals surface area contributed by atoms with E-state index in [1.54, 1.807) is 37.3 Å². The minimum absolute atomic E-state index is 0.0122. The molecule has 0 spiro atoms. The molecule has 0 saturated carbocycles. The molecule has 0 atom stereocenters. The van der Waals surface area contributed by atoms with E-state index in [1.165, 1.54) is 30.3 Å². The smallest absolute Gasteiger partial charge is 0.260 e. The van der Waals surface area contributed by atoms with Gasteiger partial charge in [0, 0.05) is 5.69 Å². The number of hydrogen-bond donors (Lipinski definition) is 4. The lowest BCUT2D eigenvalue weighted by atomic mass is 9.98. The normalized spacial score (nSPS) is 10.7. The highest BCUT2D eigenvalue weighted by Crippen LogP contribution is 2.25. The highest BCUT2D eigenvalue weighted by molar-refractivity contribution is 5.94. The molecule has 4 N–H and O–H groups in total. The first-order valence-electron chi connectivity index (χ1n) is 8.02. The topological polar surface area (TPSA) is 102 Å². The van der Waals surface area contributed by atoms with Crippen molar-refractivity contribution in [3.63, 3.8) is 0 Å². The Morgan fingerprint density at radius 3 is 1.85 bits per heavy atom. The Labute approximate surface area is 149 Å². The van der Waals surface area contributed by atoms with Crippen molar-refractivity contribution < 1.29 is 15.0 Å². The molecule has 26 heavy (non-hydrogen) atoms. The van der Waals surface area contributed by atoms with Gasteiger partial charge < -0.3 is 20.5 Å². The highest BCUT2D eigenvalue weighted by atomic mass is 16.3. The number of aromatic hydroxyl groups is 2. The van der Waals surface area contributed by atoms with Crippen molar-refractivity contribution in [2.45, 2.75) is 13.0 Å². The molecule has 1 amide bonds. The molecule has 1 aromatic heterocycles. The Morgan fingerprint density at radius 1 is 0.885 bits per heavy atom. The van der Waals surface area contributed by atoms with E-state index < -0.39 is 17.5 Å². The average molecular weight is 350 g/mol. The summed E-state index contributed by atoms with van der Waals surface area (Å²) in [5, 5.41) is 21.8. The third kappa shape index (κ3) is 3.75. The summed E-state index contributed by atoms with van der Waals surface area (Å²) >= 11 is 0. The second kappa shape index (κ2) is 7.14. The van der Waals surface area contributed by atoms with E-state index in [-0.39, 0.29) is 17.1 Å². The zero-order valence-electron chi connectivity index (χ0n) is 14.1. The molecule has 0 radical (unpaired) electrons. The molecule has 0 aliphatic heterocycles. The number of aromatic amines is 1. The molecule has 0 saturated heterocycles. The predicted molar refractivity (Wildman–Crippen MR) is 97.3 cm³/mol. The van der Waals surface area contributed by atoms with Crippen LogP contribution in [0.3, 0.4) is 0 Å². The number of nitrogens with one attached hydrogen (secondary N) is 2. The summed E-state index contributed by atoms with van der Waals surface area (Å²) < 4.78 is 0. The van der Waals surface area contributed by atoms with Gasteiger partial charge in [-0.05, 0) is 54.4 Å². The molecule has 0 aliphatic carbocycles. The zero-order chi connectivity index (χ0) is 18.7. The van der Waals surface area contributed by atoms with Gasteiger partial charge in [0.1, 0.15) is 17.1 Å². The van der Waals surface area contributed by atoms with E-state index in [9.17, 15) is 19.8 Å². The lowest BCUT2D eigenvalue weighted by Gasteiger charge is -2.20. The number of hydrogen-bond acceptors (Lipinski definition) is 4. The summed E-state index contributed by atoms with van der Waals surface area (Å²) in [4.78, 5) is 27.3. The van der Waals surface area contributed by atoms with Crippen molar-refractivity contribution >= 4 is 5.91 Å². The number of pyridine rings is 1. The molecule has 3 rings (SSSR count). The molecular formula is C20H18N2O4. The van der Waals surface area contributed by atoms with Gasteiger partial charge in [-0.15, -0.1) is 0 Å². The first kappa shape index (κ1) is 17.3. The van der Waals surface area contributed by atoms with Gasteiger partial charge in [0.15, 0.2) is 0 Å². The lowest BCUT2D eigenvalue weighted by molar-refractivity contribution is 0.0941. The minimum atomic E-state index is -0.551. The van der Waals surface area contributed by atoms with Gasteiger partial charge in [0.05, 0.1) is 6.04 Å². The van der Waals surface area contributed by atoms with Crippen LogP contribution in [0.2, 0.25) is 0 Å². The second-order valence-corrected chi connectivity index (χ2v) is 5.97. The first-order chi connectivity index (χ1) is 12.4. The van der Waals surface area contributed by atoms with Crippen LogP contribution in [0.4, 0.5) is 0 Å². The van der Waals surface area contributed by atoms with Crippen molar-refractivity contribution in [2.24, 2.45) is 0 Å². The minimum Gasteiger partial charge on any atom is -0.508 e. The number of aromatic nitrogens is 1. The molecule has 1 heterocycles. The number of carbonyl (C=O) groups excluding carboxylic acids is 1. The van der Waals surface area contributed by atoms with E-state index in [0.29, 0.717) is 5.69 Å². The monoisotopic (exact) mass is 350 g/mol. The van der Waals surface area contributed by atoms with Crippen molar-refractivity contribution in [1.82, 2.24) is 10.3 Å². The lowest BCUT2D eigenvalue weighted by Crippen LogP contribution is -2.33. The predicted octanol–water partition coefficient (Wildman–Crippen LogP) is 2.61. The van der Waals surface area contributed by atoms with E-state index >= 15 is 0 Å². The number of phenolic OH excluding ortho intramolecular Hbond substituents is 2. The largest absolute Gasteiger partial charge is 0.508 e. The van der Waals surface area contributed by atoms with Crippen LogP contribution in [0.5, 0.6) is 11.5 Å². The van der Waals surface area contributed by atoms with Gasteiger partial charge >= 0.3 is 0 Å². The molecule has 0 fully saturated rings. The highest BCUT2D eigenvalue weighted by Gasteiger charge is 2.19. The maximum absolute atomic E-state index is 12.6. The fraction of sp³-hybridized carbons (Fsp3) is 0.100. The number of carbonyl (C=O) groups is 1. The third-order valence-corrected chi connectivity index (χ3v) is 4.03. The van der Waals surface area contributed by atoms with Crippen LogP contribution in [0, 0.1) is 6.92 Å². The Hall–Kier alpha value is -3.54. The van der Waals surface area contributed by atoms with Gasteiger partial charge in [-0.2, -0.15) is 0 Å². The second-order valence-electron chi connectivity index (χ2n) is 5.97. The average Bonchev–Trinajstić information content (AvgIpc) is 2.61. The summed E-state index contributed by atoms with van der Waals surface area (Å²) in [5.74, 6) is -0.295. The van der Waals surface area contributed by atoms with Crippen LogP contribution in [-0.4, -0.2) is 21.1 Å². The molecule has 2 aromatic carbocycles. The summed E-state index contributed by atoms with van der Waals surface area (Å²) in [6.07, 6.45) is 0. The van der Waals surface area contributed by atoms with Crippen molar-refractivity contribution in [1.29, 1.82) is 0 Å². The fourth-order valence-electron chi connectivity index (χ4n) is 2.65. The SMILES string of the molecule is Cc1ccc(C(=O)NC(c2ccc(O)cc2)c2ccc(O)cc2)c(=O)[nH]1. The molecule has 6 nitrogen and oxygen atoms in total. The van der Waals surface area contributed by atoms with Crippen LogP contribution < -0.4 is 10.9 Å². The molecule has 0 unspecified atom stereocenters. The Bertz CT molecular complexity index is 930. The van der Waals surface area contributed by atoms with Crippen LogP contribution in [-0.2, 0) is 0 Å². The van der Waals surface area contributed by atoms with Crippen molar-refractivity contribution in [3.05, 3.63) is 93.4 Å². The van der Waals surface area contributed by atoms with Crippen molar-refractivity contribution in [3.8, 4) is 11.5 Å². The van der Waals surface area contributed by atoms with E-state index in [2.05, 4.69) is 10.3 Å². The van der Waals surface area contributed by atoms with Gasteiger partial charge in [0.25, 0.3) is 11.5 Å². The fourth-order valence-corrected chi connectivity index (χ4v) is 2.65. The summed E-state index contributed by atoms with van der Waals surface area (Å²) in [7, 11) is 0. The molecule has 132 valence electrons. The standard InChI is InChI=1S/C20H18N2O4/c1-12-2-11-17(19(25)21-12)20(26)22-18(13-3-7-15(23)8-4-13)14-5-9-16(24)10-6-14/h2-11,18,23-24H,1H3,(H,21,25)(H,22,26). The summed E-state index contributed by atoms with van der Waals surface area (Å²) in [6.45, 7) is 1.73. The quantitative estimate of drug-likeness (QED) is 0.581. The number of amides is 1. The number of phenols is 2. The van der Waals surface area contributed by atoms with E-state index in [0.717, 1.165) is 11.1 Å². The molecule has 0 aliphatic rings. The Morgan fingerprint density at radius 2 is 1.38 bits per heavy atom. The van der Waals surface area contributed by atoms with Gasteiger partial charge in [-0.25, -0.2) is 0 Å². The zero-order valence-corrected chi connectivity index (χ0v) is 14.1. The third-order valence-electron chi connectivity index (χ3n) is 4.03. The first-order valence-corrected chi connectivity index (χ1v) is 8.02. The van der Waals surface area contributed by atoms with Gasteiger partial charge in [-0.3, -0.25) is 9.59 Å². The Balaban J connectivity index is 1.97. The van der Waals surface area contributed by atoms with Gasteiger partial charge in [0.2, 0.25) is 0 Å². The van der Waals surface area contributed by atoms with Crippen LogP contribution in [0.15, 0.2) is 65.5 Å². The maximum Gasteiger partial charge on any atom is 0.260 e. The molecule has 3 aromatic rings. The number of aryl methyl sites for hydroxylation is 1. The molecule has 6 heteroatoms. The number of H-pyrrole nitrogens is 1. The molecular weight excluding hydrogens is 332 g/mol. The van der Waals surface area contributed by atoms with Crippen LogP contribution >= 0.6 is 0 Å². The van der Waals surface area contributed by atoms with E-state index in [1.807, 2.05) is 0 Å². The maximum atomic E-state index is 12.6. The Kier molecular flexibility index (Phi) is 4.75. The van der Waals surface area contributed by atoms with Crippen LogP contribution in [0.25, 0.3) is 0 Å². The number of rotatable bonds is 4. The van der Waals surface area contributed by atoms with Crippen molar-refractivity contribution in [2.75, 3.05) is 0 Å². The molecule has 0 bridgehead atoms. The summed E-state index contributed by atoms with van der Waals surface area (Å²) in [6, 6.07) is 15.4. The number of benzene rings is 2. The van der Waals surface area contributed by atoms with Crippen LogP contribution in [0.1, 0.15) is 33.2 Å². The summed E-state index contributed by atoms with van der Waals surface area (Å²) in [5.41, 5.74) is 1.67.